The summed E-state index contributed by atoms with van der Waals surface area (Å²) in [4.78, 5) is 23.7. The second-order valence-corrected chi connectivity index (χ2v) is 7.27. The number of aromatic nitrogens is 3. The van der Waals surface area contributed by atoms with E-state index >= 15 is 0 Å². The van der Waals surface area contributed by atoms with Gasteiger partial charge in [0.2, 0.25) is 5.82 Å². The fourth-order valence-corrected chi connectivity index (χ4v) is 3.31. The number of hydrogen-bond donors (Lipinski definition) is 1. The van der Waals surface area contributed by atoms with Gasteiger partial charge in [-0.25, -0.2) is 4.98 Å². The van der Waals surface area contributed by atoms with Gasteiger partial charge in [0.15, 0.2) is 5.75 Å². The lowest BCUT2D eigenvalue weighted by molar-refractivity contribution is -0.385. The molecule has 0 radical (unpaired) electrons. The minimum Gasteiger partial charge on any atom is -0.431 e. The highest BCUT2D eigenvalue weighted by atomic mass is 16.6. The first kappa shape index (κ1) is 21.6. The minimum atomic E-state index is -0.585. The lowest BCUT2D eigenvalue weighted by atomic mass is 10.2. The molecule has 0 aliphatic carbocycles. The first-order valence-corrected chi connectivity index (χ1v) is 10.5. The van der Waals surface area contributed by atoms with Gasteiger partial charge in [-0.3, -0.25) is 15.1 Å². The smallest absolute Gasteiger partial charge is 0.373 e. The zero-order valence-corrected chi connectivity index (χ0v) is 18.1. The van der Waals surface area contributed by atoms with Crippen LogP contribution in [-0.4, -0.2) is 19.9 Å². The van der Waals surface area contributed by atoms with Gasteiger partial charge in [0.1, 0.15) is 11.8 Å². The van der Waals surface area contributed by atoms with Gasteiger partial charge in [-0.05, 0) is 48.5 Å². The predicted molar refractivity (Wildman–Crippen MR) is 131 cm³/mol. The van der Waals surface area contributed by atoms with Crippen molar-refractivity contribution in [3.8, 4) is 11.6 Å². The maximum absolute atomic E-state index is 11.9. The van der Waals surface area contributed by atoms with Crippen molar-refractivity contribution in [2.75, 3.05) is 5.32 Å². The summed E-state index contributed by atoms with van der Waals surface area (Å²) in [5.41, 5.74) is 2.11. The van der Waals surface area contributed by atoms with Crippen molar-refractivity contribution >= 4 is 39.5 Å². The number of rotatable bonds is 7. The molecule has 5 rings (SSSR count). The molecule has 0 aliphatic heterocycles. The monoisotopic (exact) mass is 463 g/mol. The molecule has 2 aromatic heterocycles. The molecule has 3 aromatic carbocycles. The van der Waals surface area contributed by atoms with Crippen LogP contribution in [0.2, 0.25) is 0 Å². The minimum absolute atomic E-state index is 0.00754. The molecule has 35 heavy (non-hydrogen) atoms. The van der Waals surface area contributed by atoms with E-state index in [-0.39, 0.29) is 11.7 Å². The van der Waals surface area contributed by atoms with E-state index < -0.39 is 10.6 Å². The number of azo groups is 1. The zero-order valence-electron chi connectivity index (χ0n) is 18.1. The summed E-state index contributed by atoms with van der Waals surface area (Å²) < 4.78 is 5.83. The van der Waals surface area contributed by atoms with Crippen LogP contribution in [0.4, 0.5) is 28.6 Å². The van der Waals surface area contributed by atoms with E-state index in [1.165, 1.54) is 6.33 Å². The quantitative estimate of drug-likeness (QED) is 0.158. The summed E-state index contributed by atoms with van der Waals surface area (Å²) in [6, 6.07) is 25.3. The summed E-state index contributed by atoms with van der Waals surface area (Å²) in [5, 5.41) is 24.1. The van der Waals surface area contributed by atoms with Crippen molar-refractivity contribution in [3.63, 3.8) is 0 Å². The number of benzene rings is 3. The molecule has 0 bridgehead atoms. The van der Waals surface area contributed by atoms with Gasteiger partial charge in [0.25, 0.3) is 0 Å². The van der Waals surface area contributed by atoms with Gasteiger partial charge in [0.05, 0.1) is 16.3 Å². The molecule has 170 valence electrons. The molecule has 0 unspecified atom stereocenters. The van der Waals surface area contributed by atoms with Crippen LogP contribution in [0.3, 0.4) is 0 Å². The Kier molecular flexibility index (Phi) is 5.99. The summed E-state index contributed by atoms with van der Waals surface area (Å²) in [5.74, 6) is 0.148. The highest BCUT2D eigenvalue weighted by molar-refractivity contribution is 5.84. The second kappa shape index (κ2) is 9.71. The van der Waals surface area contributed by atoms with Crippen molar-refractivity contribution in [1.82, 2.24) is 15.0 Å². The number of hydrogen-bond acceptors (Lipinski definition) is 9. The van der Waals surface area contributed by atoms with Crippen LogP contribution < -0.4 is 10.1 Å². The SMILES string of the molecule is O=[N+]([O-])c1c(Nc2ccc(N=Nc3ccccc3)cc2)ncnc1Oc1cccc2cccnc12. The maximum Gasteiger partial charge on any atom is 0.373 e. The molecule has 0 saturated heterocycles. The molecule has 0 atom stereocenters. The molecule has 0 aliphatic rings. The number of nitro groups is 1. The Morgan fingerprint density at radius 3 is 2.31 bits per heavy atom. The summed E-state index contributed by atoms with van der Waals surface area (Å²) in [6.45, 7) is 0. The topological polar surface area (TPSA) is 128 Å². The van der Waals surface area contributed by atoms with Crippen molar-refractivity contribution in [3.05, 3.63) is 108 Å². The molecule has 10 nitrogen and oxygen atoms in total. The maximum atomic E-state index is 11.9. The molecule has 1 N–H and O–H groups in total. The molecule has 0 fully saturated rings. The van der Waals surface area contributed by atoms with Gasteiger partial charge in [-0.15, -0.1) is 0 Å². The van der Waals surface area contributed by atoms with Gasteiger partial charge in [-0.2, -0.15) is 15.2 Å². The average Bonchev–Trinajstić information content (AvgIpc) is 2.89. The Morgan fingerprint density at radius 2 is 1.54 bits per heavy atom. The number of nitrogens with zero attached hydrogens (tertiary/aromatic N) is 6. The molecular weight excluding hydrogens is 446 g/mol. The number of para-hydroxylation sites is 1. The van der Waals surface area contributed by atoms with Gasteiger partial charge >= 0.3 is 11.6 Å². The Bertz CT molecular complexity index is 1520. The van der Waals surface area contributed by atoms with Crippen LogP contribution in [0.5, 0.6) is 11.6 Å². The van der Waals surface area contributed by atoms with Crippen molar-refractivity contribution in [2.45, 2.75) is 0 Å². The van der Waals surface area contributed by atoms with E-state index in [2.05, 4.69) is 30.5 Å². The number of fused-ring (bicyclic) bond motifs is 1. The lowest BCUT2D eigenvalue weighted by Gasteiger charge is -2.10. The Balaban J connectivity index is 1.40. The largest absolute Gasteiger partial charge is 0.431 e. The Labute approximate surface area is 199 Å². The molecular formula is C25H17N7O3. The van der Waals surface area contributed by atoms with Crippen LogP contribution in [0.25, 0.3) is 10.9 Å². The Morgan fingerprint density at radius 1 is 0.800 bits per heavy atom. The number of anilines is 2. The number of pyridine rings is 1. The number of nitrogens with one attached hydrogen (secondary N) is 1. The van der Waals surface area contributed by atoms with Crippen LogP contribution >= 0.6 is 0 Å². The van der Waals surface area contributed by atoms with Crippen LogP contribution in [0, 0.1) is 10.1 Å². The fraction of sp³-hybridized carbons (Fsp3) is 0. The third-order valence-corrected chi connectivity index (χ3v) is 4.94. The lowest BCUT2D eigenvalue weighted by Crippen LogP contribution is -2.03. The van der Waals surface area contributed by atoms with Crippen LogP contribution in [0.15, 0.2) is 108 Å². The highest BCUT2D eigenvalue weighted by Gasteiger charge is 2.26. The normalized spacial score (nSPS) is 11.0. The molecule has 2 heterocycles. The van der Waals surface area contributed by atoms with Gasteiger partial charge in [-0.1, -0.05) is 36.4 Å². The highest BCUT2D eigenvalue weighted by Crippen LogP contribution is 2.37. The summed E-state index contributed by atoms with van der Waals surface area (Å²) in [6.07, 6.45) is 2.82. The summed E-state index contributed by atoms with van der Waals surface area (Å²) >= 11 is 0. The molecule has 0 spiro atoms. The predicted octanol–water partition coefficient (Wildman–Crippen LogP) is 6.88. The molecule has 0 saturated carbocycles. The fourth-order valence-electron chi connectivity index (χ4n) is 3.31. The van der Waals surface area contributed by atoms with E-state index in [0.29, 0.717) is 22.6 Å². The van der Waals surface area contributed by atoms with Crippen molar-refractivity contribution in [1.29, 1.82) is 0 Å². The van der Waals surface area contributed by atoms with E-state index in [0.717, 1.165) is 11.1 Å². The van der Waals surface area contributed by atoms with Gasteiger partial charge in [0, 0.05) is 17.3 Å². The van der Waals surface area contributed by atoms with Crippen molar-refractivity contribution in [2.24, 2.45) is 10.2 Å². The third-order valence-electron chi connectivity index (χ3n) is 4.94. The molecule has 5 aromatic rings. The van der Waals surface area contributed by atoms with Crippen LogP contribution in [0.1, 0.15) is 0 Å². The average molecular weight is 463 g/mol. The first-order chi connectivity index (χ1) is 17.2. The second-order valence-electron chi connectivity index (χ2n) is 7.27. The van der Waals surface area contributed by atoms with Gasteiger partial charge < -0.3 is 10.1 Å². The van der Waals surface area contributed by atoms with Crippen LogP contribution in [-0.2, 0) is 0 Å². The molecule has 10 heteroatoms. The van der Waals surface area contributed by atoms with Crippen molar-refractivity contribution < 1.29 is 9.66 Å². The van der Waals surface area contributed by atoms with E-state index in [1.54, 1.807) is 48.7 Å². The molecule has 0 amide bonds. The number of ether oxygens (including phenoxy) is 1. The standard InChI is InChI=1S/C25H17N7O3/c33-32(34)23-24(29-18-11-13-20(14-12-18)31-30-19-8-2-1-3-9-19)27-16-28-25(23)35-21-10-4-6-17-7-5-15-26-22(17)21/h1-16H,(H,27,28,29). The van der Waals surface area contributed by atoms with E-state index in [1.807, 2.05) is 42.5 Å². The Hall–Kier alpha value is -5.25. The van der Waals surface area contributed by atoms with E-state index in [4.69, 9.17) is 4.74 Å². The zero-order chi connectivity index (χ0) is 24.0. The van der Waals surface area contributed by atoms with E-state index in [9.17, 15) is 10.1 Å². The first-order valence-electron chi connectivity index (χ1n) is 10.5. The third kappa shape index (κ3) is 4.91. The summed E-state index contributed by atoms with van der Waals surface area (Å²) in [7, 11) is 0.